The Balaban J connectivity index is 1.26. The van der Waals surface area contributed by atoms with Crippen LogP contribution in [-0.4, -0.2) is 34.5 Å². The number of phenolic OH excluding ortho intramolecular Hbond substituents is 1. The number of rotatable bonds is 9. The van der Waals surface area contributed by atoms with Crippen molar-refractivity contribution < 1.29 is 23.8 Å². The van der Waals surface area contributed by atoms with E-state index < -0.39 is 5.82 Å². The van der Waals surface area contributed by atoms with E-state index in [9.17, 15) is 19.1 Å². The van der Waals surface area contributed by atoms with E-state index in [2.05, 4.69) is 6.92 Å². The van der Waals surface area contributed by atoms with Gasteiger partial charge in [0.1, 0.15) is 0 Å². The molecule has 7 heteroatoms. The topological polar surface area (TPSA) is 66.8 Å². The number of hydrogen-bond acceptors (Lipinski definition) is 5. The van der Waals surface area contributed by atoms with Gasteiger partial charge in [-0.2, -0.15) is 0 Å². The van der Waals surface area contributed by atoms with Gasteiger partial charge in [-0.25, -0.2) is 4.39 Å². The first-order valence-electron chi connectivity index (χ1n) is 14.4. The second-order valence-corrected chi connectivity index (χ2v) is 12.2. The van der Waals surface area contributed by atoms with Gasteiger partial charge in [-0.05, 0) is 71.5 Å². The van der Waals surface area contributed by atoms with E-state index in [1.807, 2.05) is 53.9 Å². The fourth-order valence-corrected chi connectivity index (χ4v) is 7.54. The Morgan fingerprint density at radius 1 is 1.10 bits per heavy atom. The number of carbonyl (C=O) groups excluding carboxylic acids is 2. The van der Waals surface area contributed by atoms with E-state index in [0.29, 0.717) is 31.6 Å². The molecule has 5 nitrogen and oxygen atoms in total. The van der Waals surface area contributed by atoms with Crippen LogP contribution in [0.5, 0.6) is 5.75 Å². The molecule has 2 saturated heterocycles. The van der Waals surface area contributed by atoms with Crippen molar-refractivity contribution in [2.45, 2.75) is 51.7 Å². The summed E-state index contributed by atoms with van der Waals surface area (Å²) in [7, 11) is 0. The summed E-state index contributed by atoms with van der Waals surface area (Å²) in [6.07, 6.45) is 5.75. The first-order chi connectivity index (χ1) is 19.9. The summed E-state index contributed by atoms with van der Waals surface area (Å²) < 4.78 is 20.5. The molecule has 3 heterocycles. The molecule has 2 fully saturated rings. The van der Waals surface area contributed by atoms with Crippen LogP contribution in [0.3, 0.4) is 0 Å². The first-order valence-corrected chi connectivity index (χ1v) is 15.3. The van der Waals surface area contributed by atoms with Crippen molar-refractivity contribution in [3.63, 3.8) is 0 Å². The van der Waals surface area contributed by atoms with E-state index >= 15 is 0 Å². The van der Waals surface area contributed by atoms with Crippen LogP contribution in [0.4, 0.5) is 4.39 Å². The van der Waals surface area contributed by atoms with E-state index in [0.717, 1.165) is 35.3 Å². The smallest absolute Gasteiger partial charge is 0.234 e. The van der Waals surface area contributed by atoms with Crippen molar-refractivity contribution in [2.75, 3.05) is 6.61 Å². The van der Waals surface area contributed by atoms with E-state index in [-0.39, 0.29) is 41.4 Å². The maximum absolute atomic E-state index is 14.1. The number of amides is 2. The summed E-state index contributed by atoms with van der Waals surface area (Å²) >= 11 is 1.57. The van der Waals surface area contributed by atoms with Crippen molar-refractivity contribution in [3.05, 3.63) is 99.0 Å². The lowest BCUT2D eigenvalue weighted by atomic mass is 9.68. The second-order valence-electron chi connectivity index (χ2n) is 11.2. The highest BCUT2D eigenvalue weighted by molar-refractivity contribution is 7.09. The summed E-state index contributed by atoms with van der Waals surface area (Å²) in [5.41, 5.74) is 5.28. The van der Waals surface area contributed by atoms with Crippen molar-refractivity contribution >= 4 is 34.8 Å². The number of phenols is 1. The van der Waals surface area contributed by atoms with Crippen LogP contribution in [0.1, 0.15) is 55.0 Å². The van der Waals surface area contributed by atoms with Crippen LogP contribution in [0, 0.1) is 23.6 Å². The lowest BCUT2D eigenvalue weighted by Crippen LogP contribution is -2.34. The molecule has 0 spiro atoms. The van der Waals surface area contributed by atoms with E-state index in [1.54, 1.807) is 17.4 Å². The molecule has 4 atom stereocenters. The van der Waals surface area contributed by atoms with Gasteiger partial charge in [0, 0.05) is 10.8 Å². The lowest BCUT2D eigenvalue weighted by Gasteiger charge is -2.32. The maximum atomic E-state index is 14.1. The van der Waals surface area contributed by atoms with Crippen LogP contribution in [0.15, 0.2) is 77.2 Å². The number of likely N-dealkylation sites (tertiary alicyclic amines) is 1. The van der Waals surface area contributed by atoms with Crippen LogP contribution < -0.4 is 0 Å². The highest BCUT2D eigenvalue weighted by Gasteiger charge is 2.56. The predicted octanol–water partition coefficient (Wildman–Crippen LogP) is 7.23. The van der Waals surface area contributed by atoms with Gasteiger partial charge in [-0.1, -0.05) is 67.5 Å². The van der Waals surface area contributed by atoms with Crippen LogP contribution in [0.25, 0.3) is 11.6 Å². The van der Waals surface area contributed by atoms with Crippen LogP contribution >= 0.6 is 11.3 Å². The van der Waals surface area contributed by atoms with Gasteiger partial charge in [0.2, 0.25) is 11.8 Å². The Labute approximate surface area is 244 Å². The third-order valence-corrected chi connectivity index (χ3v) is 9.54. The third-order valence-electron chi connectivity index (χ3n) is 8.68. The molecule has 41 heavy (non-hydrogen) atoms. The molecule has 0 bridgehead atoms. The molecule has 0 unspecified atom stereocenters. The number of hydrogen-bond donors (Lipinski definition) is 1. The van der Waals surface area contributed by atoms with Gasteiger partial charge in [0.15, 0.2) is 11.6 Å². The lowest BCUT2D eigenvalue weighted by molar-refractivity contribution is -0.140. The fourth-order valence-electron chi connectivity index (χ4n) is 6.84. The minimum absolute atomic E-state index is 0.0417. The van der Waals surface area contributed by atoms with Crippen molar-refractivity contribution in [1.29, 1.82) is 0 Å². The standard InChI is InChI=1S/C34H34FNO4S/c1-2-7-24-18-26-32(34(39)36(33(26)38)19-25-10-6-15-41-25)27-20-40-30(31(24)27)14-12-23(22-8-4-3-5-9-22)16-21-11-13-29(37)28(35)17-21/h3-6,8-11,13,15-17,26-27,30,32,37H,2,7,12,14,18-20H2,1H3/b23-16-/t26-,27+,30-,32-/m1/s1. The quantitative estimate of drug-likeness (QED) is 0.167. The summed E-state index contributed by atoms with van der Waals surface area (Å²) in [5, 5.41) is 11.6. The van der Waals surface area contributed by atoms with Crippen molar-refractivity contribution in [1.82, 2.24) is 4.90 Å². The number of allylic oxidation sites excluding steroid dienone is 2. The molecule has 212 valence electrons. The zero-order chi connectivity index (χ0) is 28.5. The second kappa shape index (κ2) is 11.7. The molecule has 2 aromatic carbocycles. The number of carbonyl (C=O) groups is 2. The molecule has 2 amide bonds. The summed E-state index contributed by atoms with van der Waals surface area (Å²) in [6.45, 7) is 2.95. The maximum Gasteiger partial charge on any atom is 0.234 e. The molecule has 0 saturated carbocycles. The van der Waals surface area contributed by atoms with Gasteiger partial charge in [0.05, 0.1) is 31.1 Å². The molecule has 1 N–H and O–H groups in total. The van der Waals surface area contributed by atoms with Crippen LogP contribution in [-0.2, 0) is 20.9 Å². The molecule has 3 aromatic rings. The Bertz CT molecular complexity index is 1500. The first kappa shape index (κ1) is 27.6. The average molecular weight is 572 g/mol. The predicted molar refractivity (Wildman–Crippen MR) is 158 cm³/mol. The number of aromatic hydroxyl groups is 1. The number of thiophene rings is 1. The normalized spacial score (nSPS) is 24.2. The summed E-state index contributed by atoms with van der Waals surface area (Å²) in [4.78, 5) is 29.6. The number of ether oxygens (including phenoxy) is 1. The number of benzene rings is 2. The van der Waals surface area contributed by atoms with E-state index in [1.165, 1.54) is 28.2 Å². The number of nitrogens with zero attached hydrogens (tertiary/aromatic N) is 1. The van der Waals surface area contributed by atoms with Gasteiger partial charge in [0.25, 0.3) is 0 Å². The van der Waals surface area contributed by atoms with Crippen LogP contribution in [0.2, 0.25) is 0 Å². The summed E-state index contributed by atoms with van der Waals surface area (Å²) in [5.74, 6) is -1.84. The minimum Gasteiger partial charge on any atom is -0.505 e. The molecule has 1 aliphatic carbocycles. The molecule has 3 aliphatic rings. The highest BCUT2D eigenvalue weighted by atomic mass is 32.1. The summed E-state index contributed by atoms with van der Waals surface area (Å²) in [6, 6.07) is 18.3. The van der Waals surface area contributed by atoms with Crippen molar-refractivity contribution in [2.24, 2.45) is 17.8 Å². The Morgan fingerprint density at radius 3 is 2.66 bits per heavy atom. The molecule has 0 radical (unpaired) electrons. The molecule has 2 aliphatic heterocycles. The fraction of sp³-hybridized carbons (Fsp3) is 0.353. The monoisotopic (exact) mass is 571 g/mol. The van der Waals surface area contributed by atoms with Gasteiger partial charge < -0.3 is 9.84 Å². The highest BCUT2D eigenvalue weighted by Crippen LogP contribution is 2.51. The Kier molecular flexibility index (Phi) is 7.91. The van der Waals surface area contributed by atoms with Gasteiger partial charge in [-0.15, -0.1) is 11.3 Å². The third kappa shape index (κ3) is 5.41. The number of halogens is 1. The SMILES string of the molecule is CCCC1=C2[C@@H](CC/C(=C/c3ccc(O)c(F)c3)c3ccccc3)OC[C@@H]2[C@@H]2C(=O)N(Cc3cccs3)C(=O)[C@@H]2C1. The molecule has 6 rings (SSSR count). The average Bonchev–Trinajstić information content (AvgIpc) is 3.70. The largest absolute Gasteiger partial charge is 0.505 e. The van der Waals surface area contributed by atoms with Gasteiger partial charge >= 0.3 is 0 Å². The number of imide groups is 1. The van der Waals surface area contributed by atoms with Crippen molar-refractivity contribution in [3.8, 4) is 5.75 Å². The zero-order valence-electron chi connectivity index (χ0n) is 23.1. The minimum atomic E-state index is -0.650. The number of fused-ring (bicyclic) bond motifs is 3. The Morgan fingerprint density at radius 2 is 1.93 bits per heavy atom. The molecular formula is C34H34FNO4S. The Hall–Kier alpha value is -3.55. The molecular weight excluding hydrogens is 537 g/mol. The van der Waals surface area contributed by atoms with E-state index in [4.69, 9.17) is 4.74 Å². The zero-order valence-corrected chi connectivity index (χ0v) is 23.9. The molecule has 1 aromatic heterocycles. The van der Waals surface area contributed by atoms with Gasteiger partial charge in [-0.3, -0.25) is 14.5 Å².